The molecule has 6 aromatic carbocycles. The molecule has 0 saturated carbocycles. The SMILES string of the molecule is O=c1c2ccccc2c(=O)c2c1ccc1[nH]c3c(ccc4c(=O)c5c(Br)c(Br)ccc5c(=O)c43)[nH]c12. The summed E-state index contributed by atoms with van der Waals surface area (Å²) < 4.78 is 1.22. The van der Waals surface area contributed by atoms with Gasteiger partial charge in [0.2, 0.25) is 0 Å². The highest BCUT2D eigenvalue weighted by Gasteiger charge is 2.19. The summed E-state index contributed by atoms with van der Waals surface area (Å²) in [6.07, 6.45) is 0. The molecule has 7 rings (SSSR count). The van der Waals surface area contributed by atoms with Gasteiger partial charge >= 0.3 is 0 Å². The van der Waals surface area contributed by atoms with Crippen LogP contribution in [0.25, 0.3) is 65.2 Å². The predicted molar refractivity (Wildman–Crippen MR) is 152 cm³/mol. The number of aromatic nitrogens is 2. The summed E-state index contributed by atoms with van der Waals surface area (Å²) in [6.45, 7) is 0. The third kappa shape index (κ3) is 2.65. The molecule has 0 bridgehead atoms. The Kier molecular flexibility index (Phi) is 4.35. The van der Waals surface area contributed by atoms with Crippen molar-refractivity contribution in [1.82, 2.24) is 9.97 Å². The van der Waals surface area contributed by atoms with Crippen LogP contribution in [0, 0.1) is 0 Å². The molecule has 2 N–H and O–H groups in total. The third-order valence-electron chi connectivity index (χ3n) is 6.86. The molecule has 0 radical (unpaired) electrons. The fourth-order valence-electron chi connectivity index (χ4n) is 5.18. The van der Waals surface area contributed by atoms with Crippen LogP contribution in [0.1, 0.15) is 0 Å². The molecule has 0 atom stereocenters. The first-order valence-electron chi connectivity index (χ1n) is 11.0. The number of benzene rings is 6. The van der Waals surface area contributed by atoms with Gasteiger partial charge in [-0.15, -0.1) is 0 Å². The van der Waals surface area contributed by atoms with E-state index in [4.69, 9.17) is 0 Å². The van der Waals surface area contributed by atoms with Crippen LogP contribution in [0.3, 0.4) is 0 Å². The molecule has 36 heavy (non-hydrogen) atoms. The van der Waals surface area contributed by atoms with Gasteiger partial charge in [0, 0.05) is 41.3 Å². The summed E-state index contributed by atoms with van der Waals surface area (Å²) in [5.41, 5.74) is 1.00. The van der Waals surface area contributed by atoms with Crippen molar-refractivity contribution >= 4 is 97.0 Å². The first kappa shape index (κ1) is 21.4. The molecule has 172 valence electrons. The van der Waals surface area contributed by atoms with Gasteiger partial charge in [-0.25, -0.2) is 0 Å². The van der Waals surface area contributed by atoms with E-state index in [0.29, 0.717) is 63.3 Å². The normalized spacial score (nSPS) is 12.1. The van der Waals surface area contributed by atoms with Crippen LogP contribution in [0.4, 0.5) is 0 Å². The van der Waals surface area contributed by atoms with Crippen LogP contribution in [0.2, 0.25) is 0 Å². The van der Waals surface area contributed by atoms with Gasteiger partial charge in [-0.05, 0) is 68.3 Å². The van der Waals surface area contributed by atoms with E-state index < -0.39 is 0 Å². The minimum Gasteiger partial charge on any atom is -0.351 e. The first-order chi connectivity index (χ1) is 17.4. The van der Waals surface area contributed by atoms with E-state index in [1.165, 1.54) is 0 Å². The zero-order valence-corrected chi connectivity index (χ0v) is 21.3. The topological polar surface area (TPSA) is 99.9 Å². The van der Waals surface area contributed by atoms with Crippen LogP contribution >= 0.6 is 31.9 Å². The van der Waals surface area contributed by atoms with E-state index in [0.717, 1.165) is 0 Å². The summed E-state index contributed by atoms with van der Waals surface area (Å²) in [7, 11) is 0. The minimum atomic E-state index is -0.277. The maximum absolute atomic E-state index is 13.6. The lowest BCUT2D eigenvalue weighted by atomic mass is 9.99. The Morgan fingerprint density at radius 1 is 0.472 bits per heavy atom. The average molecular weight is 600 g/mol. The standard InChI is InChI=1S/C28H12Br2N2O4/c29-16-8-5-13-19(22(16)30)27(35)15-7-10-18-24(21(15)28(13)36)32-17-9-6-14-20(23(17)31-18)26(34)12-4-2-1-3-11(12)25(14)33/h1-10,31-32H. The van der Waals surface area contributed by atoms with Gasteiger partial charge in [0.25, 0.3) is 0 Å². The molecule has 0 spiro atoms. The number of fused-ring (bicyclic) bond motifs is 8. The summed E-state index contributed by atoms with van der Waals surface area (Å²) in [5.74, 6) is 0. The van der Waals surface area contributed by atoms with E-state index in [2.05, 4.69) is 41.8 Å². The smallest absolute Gasteiger partial charge is 0.196 e. The zero-order chi connectivity index (χ0) is 24.9. The first-order valence-corrected chi connectivity index (χ1v) is 12.6. The molecule has 0 unspecified atom stereocenters. The van der Waals surface area contributed by atoms with Gasteiger partial charge in [-0.1, -0.05) is 24.3 Å². The van der Waals surface area contributed by atoms with Crippen molar-refractivity contribution in [3.63, 3.8) is 0 Å². The number of aromatic amines is 2. The van der Waals surface area contributed by atoms with Crippen molar-refractivity contribution in [1.29, 1.82) is 0 Å². The van der Waals surface area contributed by atoms with Gasteiger partial charge in [-0.3, -0.25) is 19.2 Å². The molecule has 0 aliphatic carbocycles. The second kappa shape index (κ2) is 7.32. The fourth-order valence-corrected chi connectivity index (χ4v) is 6.04. The summed E-state index contributed by atoms with van der Waals surface area (Å²) >= 11 is 6.84. The van der Waals surface area contributed by atoms with Gasteiger partial charge < -0.3 is 9.97 Å². The number of rotatable bonds is 0. The van der Waals surface area contributed by atoms with Gasteiger partial charge in [0.15, 0.2) is 21.7 Å². The Bertz CT molecular complexity index is 2380. The van der Waals surface area contributed by atoms with Gasteiger partial charge in [0.05, 0.1) is 32.8 Å². The quantitative estimate of drug-likeness (QED) is 0.173. The van der Waals surface area contributed by atoms with Gasteiger partial charge in [-0.2, -0.15) is 0 Å². The molecule has 1 heterocycles. The predicted octanol–water partition coefficient (Wildman–Crippen LogP) is 5.67. The maximum atomic E-state index is 13.6. The number of halogens is 2. The van der Waals surface area contributed by atoms with Crippen molar-refractivity contribution in [2.24, 2.45) is 0 Å². The monoisotopic (exact) mass is 598 g/mol. The molecule has 0 amide bonds. The molecular formula is C28H12Br2N2O4. The lowest BCUT2D eigenvalue weighted by Gasteiger charge is -2.11. The average Bonchev–Trinajstić information content (AvgIpc) is 2.89. The van der Waals surface area contributed by atoms with Crippen molar-refractivity contribution in [2.45, 2.75) is 0 Å². The van der Waals surface area contributed by atoms with E-state index in [1.54, 1.807) is 60.7 Å². The van der Waals surface area contributed by atoms with Crippen LogP contribution in [0.15, 0.2) is 88.8 Å². The van der Waals surface area contributed by atoms with Crippen molar-refractivity contribution in [2.75, 3.05) is 0 Å². The highest BCUT2D eigenvalue weighted by atomic mass is 79.9. The maximum Gasteiger partial charge on any atom is 0.196 e. The largest absolute Gasteiger partial charge is 0.351 e. The summed E-state index contributed by atoms with van der Waals surface area (Å²) in [5, 5.41) is 2.54. The lowest BCUT2D eigenvalue weighted by molar-refractivity contribution is 1.41. The Hall–Kier alpha value is -3.88. The van der Waals surface area contributed by atoms with Crippen molar-refractivity contribution in [3.8, 4) is 0 Å². The molecular weight excluding hydrogens is 588 g/mol. The highest BCUT2D eigenvalue weighted by Crippen LogP contribution is 2.31. The molecule has 0 saturated heterocycles. The highest BCUT2D eigenvalue weighted by molar-refractivity contribution is 9.13. The molecule has 1 aromatic heterocycles. The Morgan fingerprint density at radius 2 is 0.917 bits per heavy atom. The zero-order valence-electron chi connectivity index (χ0n) is 18.2. The molecule has 8 heteroatoms. The van der Waals surface area contributed by atoms with E-state index >= 15 is 0 Å². The van der Waals surface area contributed by atoms with E-state index in [1.807, 2.05) is 0 Å². The van der Waals surface area contributed by atoms with Crippen LogP contribution < -0.4 is 21.7 Å². The lowest BCUT2D eigenvalue weighted by Crippen LogP contribution is -2.15. The van der Waals surface area contributed by atoms with Crippen molar-refractivity contribution in [3.05, 3.63) is 111 Å². The van der Waals surface area contributed by atoms with Crippen LogP contribution in [-0.2, 0) is 0 Å². The number of hydrogen-bond donors (Lipinski definition) is 2. The second-order valence-corrected chi connectivity index (χ2v) is 10.4. The molecule has 0 aliphatic rings. The third-order valence-corrected chi connectivity index (χ3v) is 8.87. The number of H-pyrrole nitrogens is 2. The Morgan fingerprint density at radius 3 is 1.53 bits per heavy atom. The Balaban J connectivity index is 1.70. The fraction of sp³-hybridized carbons (Fsp3) is 0. The van der Waals surface area contributed by atoms with Crippen LogP contribution in [0.5, 0.6) is 0 Å². The van der Waals surface area contributed by atoms with Crippen molar-refractivity contribution < 1.29 is 0 Å². The number of hydrogen-bond acceptors (Lipinski definition) is 4. The molecule has 0 aliphatic heterocycles. The second-order valence-electron chi connectivity index (χ2n) is 8.72. The minimum absolute atomic E-state index is 0.213. The van der Waals surface area contributed by atoms with Gasteiger partial charge in [0.1, 0.15) is 0 Å². The summed E-state index contributed by atoms with van der Waals surface area (Å²) in [6, 6.07) is 16.8. The van der Waals surface area contributed by atoms with E-state index in [9.17, 15) is 19.2 Å². The molecule has 7 aromatic rings. The Labute approximate surface area is 216 Å². The summed E-state index contributed by atoms with van der Waals surface area (Å²) in [4.78, 5) is 60.1. The molecule has 6 nitrogen and oxygen atoms in total. The van der Waals surface area contributed by atoms with Crippen LogP contribution in [-0.4, -0.2) is 9.97 Å². The molecule has 0 fully saturated rings. The van der Waals surface area contributed by atoms with E-state index in [-0.39, 0.29) is 32.5 Å². The number of nitrogens with one attached hydrogen (secondary N) is 2.